The van der Waals surface area contributed by atoms with Crippen molar-refractivity contribution in [2.24, 2.45) is 17.8 Å². The van der Waals surface area contributed by atoms with E-state index < -0.39 is 5.60 Å². The van der Waals surface area contributed by atoms with Gasteiger partial charge in [0.2, 0.25) is 0 Å². The van der Waals surface area contributed by atoms with Gasteiger partial charge in [-0.1, -0.05) is 24.3 Å². The van der Waals surface area contributed by atoms with Crippen molar-refractivity contribution in [3.63, 3.8) is 0 Å². The van der Waals surface area contributed by atoms with Crippen molar-refractivity contribution in [2.75, 3.05) is 13.1 Å². The molecule has 4 heteroatoms. The summed E-state index contributed by atoms with van der Waals surface area (Å²) in [7, 11) is 0. The number of hydrogen-bond donors (Lipinski definition) is 1. The molecule has 7 rings (SSSR count). The van der Waals surface area contributed by atoms with Gasteiger partial charge in [-0.3, -0.25) is 0 Å². The Morgan fingerprint density at radius 2 is 1.80 bits per heavy atom. The van der Waals surface area contributed by atoms with Gasteiger partial charge in [-0.2, -0.15) is 0 Å². The maximum Gasteiger partial charge on any atom is 0.320 e. The predicted octanol–water partition coefficient (Wildman–Crippen LogP) is 2.96. The molecule has 2 heterocycles. The summed E-state index contributed by atoms with van der Waals surface area (Å²) < 4.78 is 0. The quantitative estimate of drug-likeness (QED) is 0.855. The monoisotopic (exact) mass is 338 g/mol. The normalized spacial score (nSPS) is 44.2. The van der Waals surface area contributed by atoms with Crippen LogP contribution in [0.2, 0.25) is 0 Å². The van der Waals surface area contributed by atoms with Crippen LogP contribution in [-0.4, -0.2) is 45.7 Å². The Morgan fingerprint density at radius 1 is 1.04 bits per heavy atom. The van der Waals surface area contributed by atoms with E-state index in [1.165, 1.54) is 24.0 Å². The highest BCUT2D eigenvalue weighted by Crippen LogP contribution is 2.57. The molecule has 5 fully saturated rings. The van der Waals surface area contributed by atoms with Crippen molar-refractivity contribution in [1.82, 2.24) is 9.80 Å². The lowest BCUT2D eigenvalue weighted by Gasteiger charge is -2.59. The molecule has 1 saturated heterocycles. The van der Waals surface area contributed by atoms with Gasteiger partial charge in [0.25, 0.3) is 0 Å². The maximum atomic E-state index is 13.2. The van der Waals surface area contributed by atoms with Gasteiger partial charge in [-0.25, -0.2) is 4.79 Å². The largest absolute Gasteiger partial charge is 0.390 e. The number of carbonyl (C=O) groups is 1. The van der Waals surface area contributed by atoms with Crippen molar-refractivity contribution in [2.45, 2.75) is 56.2 Å². The van der Waals surface area contributed by atoms with E-state index in [4.69, 9.17) is 0 Å². The van der Waals surface area contributed by atoms with Crippen LogP contribution < -0.4 is 0 Å². The zero-order valence-corrected chi connectivity index (χ0v) is 14.6. The second-order valence-electron chi connectivity index (χ2n) is 9.28. The summed E-state index contributed by atoms with van der Waals surface area (Å²) in [6.45, 7) is 1.70. The van der Waals surface area contributed by atoms with Crippen LogP contribution in [0.15, 0.2) is 24.3 Å². The van der Waals surface area contributed by atoms with Crippen molar-refractivity contribution in [3.05, 3.63) is 35.4 Å². The minimum Gasteiger partial charge on any atom is -0.390 e. The molecule has 2 amide bonds. The van der Waals surface area contributed by atoms with E-state index in [0.29, 0.717) is 23.8 Å². The van der Waals surface area contributed by atoms with E-state index >= 15 is 0 Å². The molecule has 4 saturated carbocycles. The Balaban J connectivity index is 1.33. The fourth-order valence-corrected chi connectivity index (χ4v) is 7.22. The van der Waals surface area contributed by atoms with E-state index in [2.05, 4.69) is 34.1 Å². The topological polar surface area (TPSA) is 43.8 Å². The van der Waals surface area contributed by atoms with Gasteiger partial charge in [0.15, 0.2) is 0 Å². The third kappa shape index (κ3) is 1.95. The molecular weight excluding hydrogens is 312 g/mol. The second-order valence-corrected chi connectivity index (χ2v) is 9.28. The minimum atomic E-state index is -0.421. The molecule has 0 radical (unpaired) electrons. The smallest absolute Gasteiger partial charge is 0.320 e. The third-order valence-electron chi connectivity index (χ3n) is 7.82. The van der Waals surface area contributed by atoms with Crippen LogP contribution in [0.4, 0.5) is 4.79 Å². The molecule has 3 unspecified atom stereocenters. The van der Waals surface area contributed by atoms with E-state index in [0.717, 1.165) is 38.8 Å². The first-order valence-corrected chi connectivity index (χ1v) is 9.99. The van der Waals surface area contributed by atoms with Crippen molar-refractivity contribution >= 4 is 6.03 Å². The molecule has 1 aromatic carbocycles. The average Bonchev–Trinajstić information content (AvgIpc) is 2.90. The standard InChI is InChI=1S/C21H26N2O2/c24-20-22-6-5-14-3-1-2-4-17(14)18(22)12-23(20)19-15-7-13-8-16(19)11-21(25,9-13)10-15/h1-4,13,15-16,18-19,25H,5-12H2. The van der Waals surface area contributed by atoms with Crippen LogP contribution in [0.5, 0.6) is 0 Å². The fraction of sp³-hybridized carbons (Fsp3) is 0.667. The Morgan fingerprint density at radius 3 is 2.56 bits per heavy atom. The molecule has 0 aromatic heterocycles. The molecule has 1 aromatic rings. The van der Waals surface area contributed by atoms with Crippen LogP contribution >= 0.6 is 0 Å². The molecule has 4 aliphatic carbocycles. The number of benzene rings is 1. The summed E-state index contributed by atoms with van der Waals surface area (Å²) in [6, 6.07) is 9.50. The molecule has 1 N–H and O–H groups in total. The van der Waals surface area contributed by atoms with Crippen LogP contribution in [0.25, 0.3) is 0 Å². The van der Waals surface area contributed by atoms with Gasteiger partial charge in [-0.05, 0) is 67.4 Å². The third-order valence-corrected chi connectivity index (χ3v) is 7.82. The Kier molecular flexibility index (Phi) is 2.80. The van der Waals surface area contributed by atoms with Crippen LogP contribution in [0.3, 0.4) is 0 Å². The first-order valence-electron chi connectivity index (χ1n) is 9.99. The molecule has 3 atom stereocenters. The van der Waals surface area contributed by atoms with Crippen molar-refractivity contribution in [3.8, 4) is 0 Å². The first kappa shape index (κ1) is 14.6. The number of fused-ring (bicyclic) bond motifs is 3. The van der Waals surface area contributed by atoms with E-state index in [9.17, 15) is 9.90 Å². The Hall–Kier alpha value is -1.55. The number of carbonyl (C=O) groups excluding carboxylic acids is 1. The van der Waals surface area contributed by atoms with E-state index in [1.807, 2.05) is 0 Å². The summed E-state index contributed by atoms with van der Waals surface area (Å²) >= 11 is 0. The van der Waals surface area contributed by atoms with Gasteiger partial charge in [-0.15, -0.1) is 0 Å². The lowest BCUT2D eigenvalue weighted by Crippen LogP contribution is -2.62. The van der Waals surface area contributed by atoms with Crippen LogP contribution in [-0.2, 0) is 6.42 Å². The van der Waals surface area contributed by atoms with E-state index in [1.54, 1.807) is 0 Å². The Bertz CT molecular complexity index is 731. The zero-order chi connectivity index (χ0) is 16.8. The van der Waals surface area contributed by atoms with Crippen LogP contribution in [0, 0.1) is 17.8 Å². The number of urea groups is 1. The summed E-state index contributed by atoms with van der Waals surface area (Å²) in [5.41, 5.74) is 2.35. The number of rotatable bonds is 1. The average molecular weight is 338 g/mol. The minimum absolute atomic E-state index is 0.234. The number of hydrogen-bond acceptors (Lipinski definition) is 2. The molecule has 132 valence electrons. The molecule has 0 spiro atoms. The van der Waals surface area contributed by atoms with Gasteiger partial charge in [0.1, 0.15) is 0 Å². The molecule has 25 heavy (non-hydrogen) atoms. The van der Waals surface area contributed by atoms with Gasteiger partial charge < -0.3 is 14.9 Å². The predicted molar refractivity (Wildman–Crippen MR) is 94.0 cm³/mol. The maximum absolute atomic E-state index is 13.2. The summed E-state index contributed by atoms with van der Waals surface area (Å²) in [5, 5.41) is 10.9. The van der Waals surface area contributed by atoms with Gasteiger partial charge in [0.05, 0.1) is 11.6 Å². The number of nitrogens with zero attached hydrogens (tertiary/aromatic N) is 2. The molecule has 4 nitrogen and oxygen atoms in total. The highest BCUT2D eigenvalue weighted by atomic mass is 16.3. The van der Waals surface area contributed by atoms with Gasteiger partial charge >= 0.3 is 6.03 Å². The lowest BCUT2D eigenvalue weighted by atomic mass is 9.52. The van der Waals surface area contributed by atoms with Crippen molar-refractivity contribution < 1.29 is 9.90 Å². The molecule has 6 aliphatic rings. The summed E-state index contributed by atoms with van der Waals surface area (Å²) in [4.78, 5) is 17.6. The first-order chi connectivity index (χ1) is 12.1. The number of amides is 2. The van der Waals surface area contributed by atoms with Gasteiger partial charge in [0, 0.05) is 19.1 Å². The molecular formula is C21H26N2O2. The Labute approximate surface area is 148 Å². The van der Waals surface area contributed by atoms with Crippen LogP contribution in [0.1, 0.15) is 49.3 Å². The molecule has 4 bridgehead atoms. The second kappa shape index (κ2) is 4.79. The number of aliphatic hydroxyl groups is 1. The summed E-state index contributed by atoms with van der Waals surface area (Å²) in [5.74, 6) is 1.72. The summed E-state index contributed by atoms with van der Waals surface area (Å²) in [6.07, 6.45) is 6.24. The lowest BCUT2D eigenvalue weighted by molar-refractivity contribution is -0.152. The SMILES string of the molecule is O=C1N2CCc3ccccc3C2CN1C1C2CC3CC1CC(O)(C3)C2. The highest BCUT2D eigenvalue weighted by Gasteiger charge is 2.58. The zero-order valence-electron chi connectivity index (χ0n) is 14.6. The van der Waals surface area contributed by atoms with Crippen molar-refractivity contribution in [1.29, 1.82) is 0 Å². The van der Waals surface area contributed by atoms with E-state index in [-0.39, 0.29) is 12.1 Å². The molecule has 2 aliphatic heterocycles. The fourth-order valence-electron chi connectivity index (χ4n) is 7.22. The highest BCUT2D eigenvalue weighted by molar-refractivity contribution is 5.78.